The number of sulfonamides is 1. The van der Waals surface area contributed by atoms with E-state index in [4.69, 9.17) is 15.9 Å². The van der Waals surface area contributed by atoms with Crippen molar-refractivity contribution in [2.75, 3.05) is 26.2 Å². The third-order valence-corrected chi connectivity index (χ3v) is 12.9. The Morgan fingerprint density at radius 1 is 1.07 bits per heavy atom. The van der Waals surface area contributed by atoms with Crippen LogP contribution in [0.4, 0.5) is 4.79 Å². The van der Waals surface area contributed by atoms with Crippen molar-refractivity contribution < 1.29 is 28.3 Å². The highest BCUT2D eigenvalue weighted by Gasteiger charge is 2.58. The fraction of sp³-hybridized carbons (Fsp3) is 0.410. The summed E-state index contributed by atoms with van der Waals surface area (Å²) < 4.78 is 29.6. The van der Waals surface area contributed by atoms with Gasteiger partial charge in [-0.05, 0) is 53.6 Å². The summed E-state index contributed by atoms with van der Waals surface area (Å²) in [6, 6.07) is 18.5. The number of rotatable bonds is 18. The molecule has 3 amide bonds. The number of thiazole rings is 1. The first-order valence-corrected chi connectivity index (χ1v) is 20.4. The minimum Gasteiger partial charge on any atom is -0.411 e. The minimum atomic E-state index is -4.16. The van der Waals surface area contributed by atoms with Crippen molar-refractivity contribution in [3.8, 4) is 10.6 Å². The Balaban J connectivity index is 1.53. The predicted octanol–water partition coefficient (Wildman–Crippen LogP) is 5.09. The van der Waals surface area contributed by atoms with E-state index in [9.17, 15) is 23.1 Å². The van der Waals surface area contributed by atoms with E-state index in [1.165, 1.54) is 51.0 Å². The van der Waals surface area contributed by atoms with Crippen molar-refractivity contribution >= 4 is 39.5 Å². The molecular weight excluding hydrogens is 727 g/mol. The topological polar surface area (TPSA) is 183 Å². The normalized spacial score (nSPS) is 16.6. The van der Waals surface area contributed by atoms with Gasteiger partial charge in [0.2, 0.25) is 15.9 Å². The number of primary amides is 1. The monoisotopic (exact) mass is 775 g/mol. The summed E-state index contributed by atoms with van der Waals surface area (Å²) in [5.74, 6) is -2.40. The molecule has 4 aromatic rings. The van der Waals surface area contributed by atoms with Gasteiger partial charge in [0.25, 0.3) is 0 Å². The standard InChI is InChI=1S/C39H49N7O6S2/c1-5-28(4)39(37(40)48,46-19-18-44(38(46)49)24-32-26-53-36(43-32)31-12-9-17-41-22-31)34(20-29-10-7-6-8-11-29)35(47)25-45(23-27(2)3)54(51,52)33-15-13-30(14-16-33)21-42-50/h6-17,21-22,26-28,34-35,47,50H,5,18-20,23-25H2,1-4H3,(H2,40,48)/t28?,34-,35+,39?/m1/s1. The quantitative estimate of drug-likeness (QED) is 0.0710. The number of benzene rings is 2. The average molecular weight is 776 g/mol. The molecule has 1 aliphatic rings. The molecule has 54 heavy (non-hydrogen) atoms. The molecule has 0 aliphatic carbocycles. The highest BCUT2D eigenvalue weighted by Crippen LogP contribution is 2.42. The van der Waals surface area contributed by atoms with Crippen LogP contribution < -0.4 is 5.73 Å². The number of hydrogen-bond donors (Lipinski definition) is 3. The Kier molecular flexibility index (Phi) is 13.2. The lowest BCUT2D eigenvalue weighted by molar-refractivity contribution is -0.141. The van der Waals surface area contributed by atoms with Crippen LogP contribution in [0.25, 0.3) is 10.6 Å². The first-order valence-electron chi connectivity index (χ1n) is 18.0. The molecule has 0 bridgehead atoms. The molecule has 15 heteroatoms. The molecule has 5 rings (SSSR count). The van der Waals surface area contributed by atoms with Gasteiger partial charge < -0.3 is 25.8 Å². The maximum absolute atomic E-state index is 14.5. The second-order valence-electron chi connectivity index (χ2n) is 14.1. The van der Waals surface area contributed by atoms with Crippen molar-refractivity contribution in [2.45, 2.75) is 63.6 Å². The molecule has 0 spiro atoms. The van der Waals surface area contributed by atoms with E-state index in [0.29, 0.717) is 24.2 Å². The fourth-order valence-corrected chi connectivity index (χ4v) is 9.80. The molecule has 1 aliphatic heterocycles. The predicted molar refractivity (Wildman–Crippen MR) is 208 cm³/mol. The lowest BCUT2D eigenvalue weighted by Crippen LogP contribution is -2.69. The van der Waals surface area contributed by atoms with Crippen molar-refractivity contribution in [3.63, 3.8) is 0 Å². The average Bonchev–Trinajstić information content (AvgIpc) is 3.78. The van der Waals surface area contributed by atoms with E-state index < -0.39 is 45.4 Å². The van der Waals surface area contributed by atoms with Crippen LogP contribution in [0.2, 0.25) is 0 Å². The molecule has 2 aromatic carbocycles. The summed E-state index contributed by atoms with van der Waals surface area (Å²) in [6.07, 6.45) is 3.77. The van der Waals surface area contributed by atoms with Gasteiger partial charge in [-0.25, -0.2) is 18.2 Å². The Morgan fingerprint density at radius 3 is 2.41 bits per heavy atom. The molecule has 13 nitrogen and oxygen atoms in total. The lowest BCUT2D eigenvalue weighted by atomic mass is 9.67. The molecule has 2 aromatic heterocycles. The van der Waals surface area contributed by atoms with Crippen LogP contribution in [-0.4, -0.2) is 98.8 Å². The van der Waals surface area contributed by atoms with Crippen LogP contribution in [0.5, 0.6) is 0 Å². The van der Waals surface area contributed by atoms with Crippen LogP contribution in [0.15, 0.2) is 94.6 Å². The van der Waals surface area contributed by atoms with Crippen molar-refractivity contribution in [1.82, 2.24) is 24.1 Å². The number of urea groups is 1. The maximum atomic E-state index is 14.5. The van der Waals surface area contributed by atoms with E-state index in [1.54, 1.807) is 17.3 Å². The zero-order chi connectivity index (χ0) is 39.0. The number of aliphatic hydroxyl groups is 1. The van der Waals surface area contributed by atoms with Crippen LogP contribution >= 0.6 is 11.3 Å². The van der Waals surface area contributed by atoms with E-state index in [-0.39, 0.29) is 43.4 Å². The number of carbonyl (C=O) groups excluding carboxylic acids is 2. The molecule has 1 fully saturated rings. The van der Waals surface area contributed by atoms with Crippen molar-refractivity contribution in [3.05, 3.63) is 101 Å². The van der Waals surface area contributed by atoms with Gasteiger partial charge >= 0.3 is 6.03 Å². The number of hydrogen-bond acceptors (Lipinski definition) is 10. The maximum Gasteiger partial charge on any atom is 0.321 e. The second-order valence-corrected chi connectivity index (χ2v) is 16.9. The number of amides is 3. The molecule has 4 atom stereocenters. The summed E-state index contributed by atoms with van der Waals surface area (Å²) in [4.78, 5) is 40.8. The van der Waals surface area contributed by atoms with Crippen LogP contribution in [0.1, 0.15) is 50.9 Å². The van der Waals surface area contributed by atoms with Crippen LogP contribution in [0, 0.1) is 17.8 Å². The van der Waals surface area contributed by atoms with Gasteiger partial charge in [-0.15, -0.1) is 11.3 Å². The second kappa shape index (κ2) is 17.6. The van der Waals surface area contributed by atoms with E-state index in [0.717, 1.165) is 16.1 Å². The number of carbonyl (C=O) groups is 2. The van der Waals surface area contributed by atoms with Gasteiger partial charge in [-0.1, -0.05) is 81.7 Å². The fourth-order valence-electron chi connectivity index (χ4n) is 7.38. The van der Waals surface area contributed by atoms with Gasteiger partial charge in [-0.2, -0.15) is 4.31 Å². The highest BCUT2D eigenvalue weighted by atomic mass is 32.2. The highest BCUT2D eigenvalue weighted by molar-refractivity contribution is 7.89. The SMILES string of the molecule is CCC(C)C(C(N)=O)([C@H](Cc1ccccc1)[C@@H](O)CN(CC(C)C)S(=O)(=O)c1ccc(C=NO)cc1)N1CCN(Cc2csc(-c3cccnc3)n2)C1=O. The summed E-state index contributed by atoms with van der Waals surface area (Å²) in [5.41, 5.74) is 7.59. The van der Waals surface area contributed by atoms with Gasteiger partial charge in [0.1, 0.15) is 10.5 Å². The summed E-state index contributed by atoms with van der Waals surface area (Å²) in [6.45, 7) is 7.91. The van der Waals surface area contributed by atoms with Gasteiger partial charge in [0.15, 0.2) is 0 Å². The van der Waals surface area contributed by atoms with E-state index in [1.807, 2.05) is 75.5 Å². The zero-order valence-electron chi connectivity index (χ0n) is 31.0. The third-order valence-electron chi connectivity index (χ3n) is 10.1. The summed E-state index contributed by atoms with van der Waals surface area (Å²) in [5, 5.41) is 27.0. The third kappa shape index (κ3) is 8.65. The number of pyridine rings is 1. The molecule has 0 radical (unpaired) electrons. The Morgan fingerprint density at radius 2 is 1.80 bits per heavy atom. The molecule has 4 N–H and O–H groups in total. The molecule has 1 saturated heterocycles. The number of nitrogens with zero attached hydrogens (tertiary/aromatic N) is 6. The number of aliphatic hydroxyl groups excluding tert-OH is 1. The summed E-state index contributed by atoms with van der Waals surface area (Å²) in [7, 11) is -4.16. The number of oxime groups is 1. The van der Waals surface area contributed by atoms with E-state index >= 15 is 0 Å². The Labute approximate surface area is 321 Å². The smallest absolute Gasteiger partial charge is 0.321 e. The molecule has 0 saturated carbocycles. The Bertz CT molecular complexity index is 1990. The summed E-state index contributed by atoms with van der Waals surface area (Å²) >= 11 is 1.45. The minimum absolute atomic E-state index is 0.00720. The number of aromatic nitrogens is 2. The first kappa shape index (κ1) is 40.5. The number of nitrogens with two attached hydrogens (primary N) is 1. The molecular formula is C39H49N7O6S2. The van der Waals surface area contributed by atoms with E-state index in [2.05, 4.69) is 10.1 Å². The molecule has 2 unspecified atom stereocenters. The zero-order valence-corrected chi connectivity index (χ0v) is 32.7. The molecule has 3 heterocycles. The van der Waals surface area contributed by atoms with Crippen LogP contribution in [0.3, 0.4) is 0 Å². The molecule has 288 valence electrons. The van der Waals surface area contributed by atoms with Gasteiger partial charge in [0, 0.05) is 55.4 Å². The van der Waals surface area contributed by atoms with Gasteiger partial charge in [0.05, 0.1) is 29.5 Å². The first-order chi connectivity index (χ1) is 25.8. The largest absolute Gasteiger partial charge is 0.411 e. The van der Waals surface area contributed by atoms with Crippen molar-refractivity contribution in [1.29, 1.82) is 0 Å². The lowest BCUT2D eigenvalue weighted by Gasteiger charge is -2.50. The van der Waals surface area contributed by atoms with Gasteiger partial charge in [-0.3, -0.25) is 9.78 Å². The van der Waals surface area contributed by atoms with Crippen molar-refractivity contribution in [2.24, 2.45) is 28.6 Å². The Hall–Kier alpha value is -4.70. The van der Waals surface area contributed by atoms with Crippen LogP contribution in [-0.2, 0) is 27.8 Å².